The second-order valence-corrected chi connectivity index (χ2v) is 6.77. The van der Waals surface area contributed by atoms with E-state index in [0.29, 0.717) is 0 Å². The summed E-state index contributed by atoms with van der Waals surface area (Å²) >= 11 is 0. The van der Waals surface area contributed by atoms with E-state index in [1.807, 2.05) is 0 Å². The predicted molar refractivity (Wildman–Crippen MR) is 99.1 cm³/mol. The fraction of sp³-hybridized carbons (Fsp3) is 0.182. The first-order valence-corrected chi connectivity index (χ1v) is 8.60. The smallest absolute Gasteiger partial charge is 0.0436 e. The molecule has 2 aliphatic heterocycles. The van der Waals surface area contributed by atoms with Crippen molar-refractivity contribution in [3.05, 3.63) is 95.1 Å². The van der Waals surface area contributed by atoms with Crippen LogP contribution >= 0.6 is 0 Å². The van der Waals surface area contributed by atoms with E-state index < -0.39 is 0 Å². The van der Waals surface area contributed by atoms with Crippen molar-refractivity contribution in [2.24, 2.45) is 0 Å². The summed E-state index contributed by atoms with van der Waals surface area (Å²) in [6.07, 6.45) is 0. The van der Waals surface area contributed by atoms with Crippen LogP contribution < -0.4 is 9.80 Å². The van der Waals surface area contributed by atoms with E-state index in [9.17, 15) is 0 Å². The molecule has 0 unspecified atom stereocenters. The molecule has 0 N–H and O–H groups in total. The van der Waals surface area contributed by atoms with Crippen LogP contribution in [0, 0.1) is 0 Å². The van der Waals surface area contributed by atoms with Gasteiger partial charge in [0.05, 0.1) is 0 Å². The fourth-order valence-corrected chi connectivity index (χ4v) is 3.96. The molecule has 2 heteroatoms. The predicted octanol–water partition coefficient (Wildman–Crippen LogP) is 4.73. The summed E-state index contributed by atoms with van der Waals surface area (Å²) < 4.78 is 0. The Morgan fingerprint density at radius 3 is 1.12 bits per heavy atom. The second-order valence-electron chi connectivity index (χ2n) is 6.77. The summed E-state index contributed by atoms with van der Waals surface area (Å²) in [7, 11) is 0. The largest absolute Gasteiger partial charge is 0.363 e. The standard InChI is InChI=1S/C22H20N2/c1-3-7-21(8-4-1)23-13-17-11-19-15-24(22-9-5-2-6-10-22)16-20(19)12-18(17)14-23/h1-12H,13-16H2. The first-order chi connectivity index (χ1) is 11.9. The Morgan fingerprint density at radius 1 is 0.458 bits per heavy atom. The molecule has 118 valence electrons. The molecule has 0 aromatic heterocycles. The Kier molecular flexibility index (Phi) is 3.08. The molecule has 0 radical (unpaired) electrons. The maximum atomic E-state index is 2.47. The van der Waals surface area contributed by atoms with E-state index in [1.54, 1.807) is 0 Å². The molecule has 2 heterocycles. The molecule has 0 amide bonds. The lowest BCUT2D eigenvalue weighted by molar-refractivity contribution is 0.868. The van der Waals surface area contributed by atoms with Gasteiger partial charge < -0.3 is 9.80 Å². The lowest BCUT2D eigenvalue weighted by atomic mass is 10.0. The molecule has 24 heavy (non-hydrogen) atoms. The van der Waals surface area contributed by atoms with Gasteiger partial charge in [-0.05, 0) is 46.5 Å². The van der Waals surface area contributed by atoms with E-state index in [2.05, 4.69) is 82.6 Å². The average Bonchev–Trinajstić information content (AvgIpc) is 3.24. The van der Waals surface area contributed by atoms with Gasteiger partial charge in [0.15, 0.2) is 0 Å². The highest BCUT2D eigenvalue weighted by Gasteiger charge is 2.25. The molecular weight excluding hydrogens is 292 g/mol. The minimum absolute atomic E-state index is 1.03. The maximum absolute atomic E-state index is 2.47. The number of hydrogen-bond acceptors (Lipinski definition) is 2. The van der Waals surface area contributed by atoms with Gasteiger partial charge in [-0.25, -0.2) is 0 Å². The Labute approximate surface area is 143 Å². The van der Waals surface area contributed by atoms with Crippen molar-refractivity contribution in [2.75, 3.05) is 9.80 Å². The molecule has 0 saturated carbocycles. The van der Waals surface area contributed by atoms with Crippen molar-refractivity contribution in [1.82, 2.24) is 0 Å². The van der Waals surface area contributed by atoms with E-state index in [4.69, 9.17) is 0 Å². The quantitative estimate of drug-likeness (QED) is 0.675. The first kappa shape index (κ1) is 13.7. The zero-order valence-corrected chi connectivity index (χ0v) is 13.7. The summed E-state index contributed by atoms with van der Waals surface area (Å²) in [6, 6.07) is 26.4. The number of fused-ring (bicyclic) bond motifs is 2. The molecule has 3 aromatic carbocycles. The van der Waals surface area contributed by atoms with E-state index in [-0.39, 0.29) is 0 Å². The van der Waals surface area contributed by atoms with Crippen molar-refractivity contribution in [2.45, 2.75) is 26.2 Å². The molecule has 0 spiro atoms. The molecule has 0 bridgehead atoms. The molecule has 0 fully saturated rings. The van der Waals surface area contributed by atoms with Crippen molar-refractivity contribution >= 4 is 11.4 Å². The Hall–Kier alpha value is -2.74. The fourth-order valence-electron chi connectivity index (χ4n) is 3.96. The number of anilines is 2. The van der Waals surface area contributed by atoms with Gasteiger partial charge in [-0.1, -0.05) is 48.5 Å². The Bertz CT molecular complexity index is 765. The highest BCUT2D eigenvalue weighted by atomic mass is 15.2. The SMILES string of the molecule is c1ccc(N2Cc3cc4c(cc3C2)CN(c2ccccc2)C4)cc1. The average molecular weight is 312 g/mol. The van der Waals surface area contributed by atoms with E-state index >= 15 is 0 Å². The van der Waals surface area contributed by atoms with Crippen LogP contribution in [0.1, 0.15) is 22.3 Å². The van der Waals surface area contributed by atoms with Crippen LogP contribution in [0.3, 0.4) is 0 Å². The third-order valence-corrected chi connectivity index (χ3v) is 5.21. The summed E-state index contributed by atoms with van der Waals surface area (Å²) in [4.78, 5) is 4.93. The minimum atomic E-state index is 1.03. The molecule has 3 aromatic rings. The van der Waals surface area contributed by atoms with E-state index in [0.717, 1.165) is 26.2 Å². The van der Waals surface area contributed by atoms with Crippen molar-refractivity contribution < 1.29 is 0 Å². The Balaban J connectivity index is 1.41. The van der Waals surface area contributed by atoms with Gasteiger partial charge >= 0.3 is 0 Å². The van der Waals surface area contributed by atoms with Crippen LogP contribution in [0.25, 0.3) is 0 Å². The third kappa shape index (κ3) is 2.26. The number of hydrogen-bond donors (Lipinski definition) is 0. The zero-order chi connectivity index (χ0) is 15.9. The van der Waals surface area contributed by atoms with Crippen LogP contribution in [0.4, 0.5) is 11.4 Å². The number of para-hydroxylation sites is 2. The molecule has 0 atom stereocenters. The molecule has 2 aliphatic rings. The van der Waals surface area contributed by atoms with Gasteiger partial charge in [-0.15, -0.1) is 0 Å². The third-order valence-electron chi connectivity index (χ3n) is 5.21. The monoisotopic (exact) mass is 312 g/mol. The van der Waals surface area contributed by atoms with Crippen LogP contribution in [0.2, 0.25) is 0 Å². The number of nitrogens with zero attached hydrogens (tertiary/aromatic N) is 2. The topological polar surface area (TPSA) is 6.48 Å². The summed E-state index contributed by atoms with van der Waals surface area (Å²) in [5, 5.41) is 0. The van der Waals surface area contributed by atoms with Crippen molar-refractivity contribution in [3.63, 3.8) is 0 Å². The number of rotatable bonds is 2. The molecule has 0 aliphatic carbocycles. The van der Waals surface area contributed by atoms with Crippen LogP contribution in [0.5, 0.6) is 0 Å². The highest BCUT2D eigenvalue weighted by molar-refractivity contribution is 5.57. The van der Waals surface area contributed by atoms with Gasteiger partial charge in [0.2, 0.25) is 0 Å². The van der Waals surface area contributed by atoms with E-state index in [1.165, 1.54) is 33.6 Å². The summed E-state index contributed by atoms with van der Waals surface area (Å²) in [5.41, 5.74) is 8.61. The van der Waals surface area contributed by atoms with Crippen LogP contribution in [-0.4, -0.2) is 0 Å². The van der Waals surface area contributed by atoms with Gasteiger partial charge in [0, 0.05) is 37.6 Å². The maximum Gasteiger partial charge on any atom is 0.0436 e. The molecule has 0 saturated heterocycles. The minimum Gasteiger partial charge on any atom is -0.363 e. The molecular formula is C22H20N2. The summed E-state index contributed by atoms with van der Waals surface area (Å²) in [5.74, 6) is 0. The van der Waals surface area contributed by atoms with Gasteiger partial charge in [-0.3, -0.25) is 0 Å². The van der Waals surface area contributed by atoms with Crippen LogP contribution in [-0.2, 0) is 26.2 Å². The van der Waals surface area contributed by atoms with Crippen molar-refractivity contribution in [1.29, 1.82) is 0 Å². The second kappa shape index (κ2) is 5.41. The molecule has 5 rings (SSSR count). The summed E-state index contributed by atoms with van der Waals surface area (Å²) in [6.45, 7) is 4.10. The Morgan fingerprint density at radius 2 is 0.792 bits per heavy atom. The zero-order valence-electron chi connectivity index (χ0n) is 13.7. The van der Waals surface area contributed by atoms with Crippen LogP contribution in [0.15, 0.2) is 72.8 Å². The first-order valence-electron chi connectivity index (χ1n) is 8.60. The van der Waals surface area contributed by atoms with Gasteiger partial charge in [0.25, 0.3) is 0 Å². The lowest BCUT2D eigenvalue weighted by Gasteiger charge is -2.18. The van der Waals surface area contributed by atoms with Gasteiger partial charge in [0.1, 0.15) is 0 Å². The molecule has 2 nitrogen and oxygen atoms in total. The highest BCUT2D eigenvalue weighted by Crippen LogP contribution is 2.34. The van der Waals surface area contributed by atoms with Gasteiger partial charge in [-0.2, -0.15) is 0 Å². The number of benzene rings is 3. The normalized spacial score (nSPS) is 15.5. The van der Waals surface area contributed by atoms with Crippen molar-refractivity contribution in [3.8, 4) is 0 Å². The lowest BCUT2D eigenvalue weighted by Crippen LogP contribution is -2.15.